The normalized spacial score (nSPS) is 11.9. The third-order valence-corrected chi connectivity index (χ3v) is 4.19. The van der Waals surface area contributed by atoms with E-state index in [0.717, 1.165) is 31.1 Å². The number of hydrogen-bond donors (Lipinski definition) is 2. The van der Waals surface area contributed by atoms with E-state index < -0.39 is 17.7 Å². The average Bonchev–Trinajstić information content (AvgIpc) is 2.64. The molecule has 0 spiro atoms. The quantitative estimate of drug-likeness (QED) is 0.753. The molecule has 6 heteroatoms. The largest absolute Gasteiger partial charge is 0.386 e. The fourth-order valence-electron chi connectivity index (χ4n) is 2.56. The van der Waals surface area contributed by atoms with Gasteiger partial charge in [-0.3, -0.25) is 4.79 Å². The Bertz CT molecular complexity index is 735. The molecule has 2 aromatic carbocycles. The maximum atomic E-state index is 13.6. The molecule has 2 rings (SSSR count). The van der Waals surface area contributed by atoms with Gasteiger partial charge in [0.15, 0.2) is 0 Å². The van der Waals surface area contributed by atoms with Gasteiger partial charge in [-0.2, -0.15) is 0 Å². The fraction of sp³-hybridized carbons (Fsp3) is 0.350. The van der Waals surface area contributed by atoms with Crippen molar-refractivity contribution in [2.45, 2.75) is 25.9 Å². The highest BCUT2D eigenvalue weighted by Gasteiger charge is 2.15. The Morgan fingerprint density at radius 1 is 1.19 bits per heavy atom. The lowest BCUT2D eigenvalue weighted by atomic mass is 10.1. The van der Waals surface area contributed by atoms with E-state index in [1.54, 1.807) is 12.1 Å². The van der Waals surface area contributed by atoms with Gasteiger partial charge in [-0.1, -0.05) is 19.4 Å². The highest BCUT2D eigenvalue weighted by molar-refractivity contribution is 5.94. The summed E-state index contributed by atoms with van der Waals surface area (Å²) in [6, 6.07) is 10.1. The van der Waals surface area contributed by atoms with Crippen LogP contribution in [0.25, 0.3) is 0 Å². The molecule has 0 aliphatic carbocycles. The van der Waals surface area contributed by atoms with E-state index in [2.05, 4.69) is 17.1 Å². The molecule has 2 N–H and O–H groups in total. The molecule has 26 heavy (non-hydrogen) atoms. The van der Waals surface area contributed by atoms with Crippen LogP contribution in [0.15, 0.2) is 42.5 Å². The van der Waals surface area contributed by atoms with Crippen LogP contribution in [-0.2, 0) is 0 Å². The van der Waals surface area contributed by atoms with Gasteiger partial charge >= 0.3 is 0 Å². The predicted octanol–water partition coefficient (Wildman–Crippen LogP) is 3.66. The molecule has 0 aromatic heterocycles. The highest BCUT2D eigenvalue weighted by Crippen LogP contribution is 2.18. The molecule has 0 bridgehead atoms. The van der Waals surface area contributed by atoms with Gasteiger partial charge in [0.2, 0.25) is 0 Å². The summed E-state index contributed by atoms with van der Waals surface area (Å²) in [5, 5.41) is 12.6. The van der Waals surface area contributed by atoms with Crippen LogP contribution in [0.4, 0.5) is 14.5 Å². The maximum Gasteiger partial charge on any atom is 0.251 e. The second kappa shape index (κ2) is 9.29. The van der Waals surface area contributed by atoms with E-state index in [9.17, 15) is 18.7 Å². The second-order valence-electron chi connectivity index (χ2n) is 6.21. The smallest absolute Gasteiger partial charge is 0.251 e. The van der Waals surface area contributed by atoms with Gasteiger partial charge in [0, 0.05) is 43.0 Å². The monoisotopic (exact) mass is 362 g/mol. The molecule has 1 amide bonds. The van der Waals surface area contributed by atoms with E-state index in [-0.39, 0.29) is 18.0 Å². The molecule has 140 valence electrons. The number of carbonyl (C=O) groups excluding carboxylic acids is 1. The maximum absolute atomic E-state index is 13.6. The van der Waals surface area contributed by atoms with Gasteiger partial charge < -0.3 is 15.3 Å². The van der Waals surface area contributed by atoms with Crippen LogP contribution in [0.1, 0.15) is 41.8 Å². The molecule has 0 aliphatic rings. The van der Waals surface area contributed by atoms with E-state index >= 15 is 0 Å². The Hall–Kier alpha value is -2.47. The Morgan fingerprint density at radius 2 is 1.88 bits per heavy atom. The average molecular weight is 362 g/mol. The SMILES string of the molecule is CCCCN(C)c1ccc(C(=O)NCC(O)c2ccc(F)cc2F)cc1. The lowest BCUT2D eigenvalue weighted by molar-refractivity contribution is 0.0914. The number of halogens is 2. The van der Waals surface area contributed by atoms with Gasteiger partial charge in [0.1, 0.15) is 11.6 Å². The van der Waals surface area contributed by atoms with Crippen LogP contribution < -0.4 is 10.2 Å². The van der Waals surface area contributed by atoms with E-state index in [4.69, 9.17) is 0 Å². The van der Waals surface area contributed by atoms with E-state index in [0.29, 0.717) is 11.6 Å². The summed E-state index contributed by atoms with van der Waals surface area (Å²) in [6.45, 7) is 2.91. The Balaban J connectivity index is 1.93. The van der Waals surface area contributed by atoms with Crippen molar-refractivity contribution in [3.8, 4) is 0 Å². The molecule has 0 saturated heterocycles. The Labute approximate surface area is 152 Å². The van der Waals surface area contributed by atoms with E-state index in [1.807, 2.05) is 19.2 Å². The van der Waals surface area contributed by atoms with Gasteiger partial charge in [-0.25, -0.2) is 8.78 Å². The lowest BCUT2D eigenvalue weighted by Gasteiger charge is -2.19. The van der Waals surface area contributed by atoms with Crippen LogP contribution in [-0.4, -0.2) is 31.2 Å². The zero-order valence-electron chi connectivity index (χ0n) is 15.0. The number of aliphatic hydroxyl groups is 1. The van der Waals surface area contributed by atoms with Crippen LogP contribution in [0.2, 0.25) is 0 Å². The number of amides is 1. The first-order valence-corrected chi connectivity index (χ1v) is 8.64. The van der Waals surface area contributed by atoms with Gasteiger partial charge in [0.25, 0.3) is 5.91 Å². The summed E-state index contributed by atoms with van der Waals surface area (Å²) in [4.78, 5) is 14.3. The first kappa shape index (κ1) is 19.8. The van der Waals surface area contributed by atoms with Crippen molar-refractivity contribution in [1.29, 1.82) is 0 Å². The zero-order chi connectivity index (χ0) is 19.1. The number of unbranched alkanes of at least 4 members (excludes halogenated alkanes) is 1. The summed E-state index contributed by atoms with van der Waals surface area (Å²) < 4.78 is 26.5. The van der Waals surface area contributed by atoms with Crippen LogP contribution >= 0.6 is 0 Å². The van der Waals surface area contributed by atoms with E-state index in [1.165, 1.54) is 6.07 Å². The summed E-state index contributed by atoms with van der Waals surface area (Å²) in [5.74, 6) is -1.92. The first-order valence-electron chi connectivity index (χ1n) is 8.64. The highest BCUT2D eigenvalue weighted by atomic mass is 19.1. The second-order valence-corrected chi connectivity index (χ2v) is 6.21. The van der Waals surface area contributed by atoms with Crippen LogP contribution in [0.3, 0.4) is 0 Å². The minimum Gasteiger partial charge on any atom is -0.386 e. The standard InChI is InChI=1S/C20H24F2N2O2/c1-3-4-11-24(2)16-8-5-14(6-9-16)20(26)23-13-19(25)17-10-7-15(21)12-18(17)22/h5-10,12,19,25H,3-4,11,13H2,1-2H3,(H,23,26). The van der Waals surface area contributed by atoms with Crippen molar-refractivity contribution >= 4 is 11.6 Å². The van der Waals surface area contributed by atoms with Crippen molar-refractivity contribution in [2.75, 3.05) is 25.0 Å². The molecule has 0 saturated carbocycles. The number of carbonyl (C=O) groups is 1. The van der Waals surface area contributed by atoms with Gasteiger partial charge in [-0.05, 0) is 36.8 Å². The van der Waals surface area contributed by atoms with Crippen molar-refractivity contribution in [3.63, 3.8) is 0 Å². The molecule has 0 radical (unpaired) electrons. The predicted molar refractivity (Wildman–Crippen MR) is 98.3 cm³/mol. The Kier molecular flexibility index (Phi) is 7.09. The number of anilines is 1. The van der Waals surface area contributed by atoms with Crippen molar-refractivity contribution in [1.82, 2.24) is 5.32 Å². The minimum absolute atomic E-state index is 0.0559. The number of nitrogens with one attached hydrogen (secondary N) is 1. The molecular formula is C20H24F2N2O2. The summed E-state index contributed by atoms with van der Waals surface area (Å²) >= 11 is 0. The molecule has 0 aliphatic heterocycles. The lowest BCUT2D eigenvalue weighted by Crippen LogP contribution is -2.28. The molecule has 1 unspecified atom stereocenters. The molecule has 0 heterocycles. The third kappa shape index (κ3) is 5.26. The van der Waals surface area contributed by atoms with Crippen molar-refractivity contribution in [2.24, 2.45) is 0 Å². The summed E-state index contributed by atoms with van der Waals surface area (Å²) in [6.07, 6.45) is 0.956. The topological polar surface area (TPSA) is 52.6 Å². The molecule has 1 atom stereocenters. The first-order chi connectivity index (χ1) is 12.4. The fourth-order valence-corrected chi connectivity index (χ4v) is 2.56. The Morgan fingerprint density at radius 3 is 2.50 bits per heavy atom. The zero-order valence-corrected chi connectivity index (χ0v) is 15.0. The number of aliphatic hydroxyl groups excluding tert-OH is 1. The van der Waals surface area contributed by atoms with Gasteiger partial charge in [-0.15, -0.1) is 0 Å². The number of nitrogens with zero attached hydrogens (tertiary/aromatic N) is 1. The number of hydrogen-bond acceptors (Lipinski definition) is 3. The summed E-state index contributed by atoms with van der Waals surface area (Å²) in [7, 11) is 2.00. The minimum atomic E-state index is -1.25. The molecule has 0 fully saturated rings. The molecule has 2 aromatic rings. The third-order valence-electron chi connectivity index (χ3n) is 4.19. The molecule has 4 nitrogen and oxygen atoms in total. The number of rotatable bonds is 8. The molecular weight excluding hydrogens is 338 g/mol. The van der Waals surface area contributed by atoms with Gasteiger partial charge in [0.05, 0.1) is 6.10 Å². The van der Waals surface area contributed by atoms with Crippen molar-refractivity contribution < 1.29 is 18.7 Å². The van der Waals surface area contributed by atoms with Crippen LogP contribution in [0, 0.1) is 11.6 Å². The van der Waals surface area contributed by atoms with Crippen molar-refractivity contribution in [3.05, 3.63) is 65.2 Å². The number of benzene rings is 2. The van der Waals surface area contributed by atoms with Crippen LogP contribution in [0.5, 0.6) is 0 Å². The summed E-state index contributed by atoms with van der Waals surface area (Å²) in [5.41, 5.74) is 1.41.